The normalized spacial score (nSPS) is 14.6. The molecule has 0 heterocycles. The second-order valence-corrected chi connectivity index (χ2v) is 3.31. The number of likely N-dealkylation sites (N-methyl/N-ethyl adjacent to an activating group) is 1. The topological polar surface area (TPSA) is 55.4 Å². The standard InChI is InChI=1S/C10H19NO3/c1-5-9(12)7(2)6-14-8(3)10(13)11-4/h7-8H,5-6H2,1-4H3,(H,11,13). The van der Waals surface area contributed by atoms with Crippen molar-refractivity contribution in [3.8, 4) is 0 Å². The number of ketones is 1. The molecule has 0 saturated heterocycles. The molecule has 0 saturated carbocycles. The van der Waals surface area contributed by atoms with Gasteiger partial charge in [0.1, 0.15) is 11.9 Å². The Morgan fingerprint density at radius 2 is 1.93 bits per heavy atom. The second-order valence-electron chi connectivity index (χ2n) is 3.31. The average molecular weight is 201 g/mol. The van der Waals surface area contributed by atoms with Crippen LogP contribution in [0.2, 0.25) is 0 Å². The van der Waals surface area contributed by atoms with E-state index in [1.165, 1.54) is 0 Å². The van der Waals surface area contributed by atoms with E-state index in [-0.39, 0.29) is 17.6 Å². The fourth-order valence-electron chi connectivity index (χ4n) is 1.01. The molecular formula is C10H19NO3. The maximum absolute atomic E-state index is 11.2. The van der Waals surface area contributed by atoms with Gasteiger partial charge in [-0.1, -0.05) is 13.8 Å². The van der Waals surface area contributed by atoms with Crippen molar-refractivity contribution in [2.24, 2.45) is 5.92 Å². The Bertz CT molecular complexity index is 182. The lowest BCUT2D eigenvalue weighted by Crippen LogP contribution is -2.33. The highest BCUT2D eigenvalue weighted by Gasteiger charge is 2.15. The molecule has 0 aliphatic rings. The number of Topliss-reactive ketones (excluding diaryl/α,β-unsaturated/α-hetero) is 1. The van der Waals surface area contributed by atoms with Crippen LogP contribution < -0.4 is 5.32 Å². The van der Waals surface area contributed by atoms with E-state index in [9.17, 15) is 9.59 Å². The number of carbonyl (C=O) groups excluding carboxylic acids is 2. The quantitative estimate of drug-likeness (QED) is 0.690. The maximum atomic E-state index is 11.2. The van der Waals surface area contributed by atoms with E-state index in [4.69, 9.17) is 4.74 Å². The Morgan fingerprint density at radius 3 is 2.36 bits per heavy atom. The lowest BCUT2D eigenvalue weighted by atomic mass is 10.1. The molecule has 0 fully saturated rings. The molecule has 0 rings (SSSR count). The van der Waals surface area contributed by atoms with E-state index < -0.39 is 6.10 Å². The first-order valence-corrected chi connectivity index (χ1v) is 4.88. The number of nitrogens with one attached hydrogen (secondary N) is 1. The molecule has 0 aromatic heterocycles. The molecule has 0 aromatic carbocycles. The Labute approximate surface area is 85.0 Å². The Hall–Kier alpha value is -0.900. The molecule has 4 heteroatoms. The molecule has 0 bridgehead atoms. The molecule has 14 heavy (non-hydrogen) atoms. The van der Waals surface area contributed by atoms with Gasteiger partial charge in [0.2, 0.25) is 5.91 Å². The van der Waals surface area contributed by atoms with Crippen molar-refractivity contribution in [3.05, 3.63) is 0 Å². The zero-order valence-corrected chi connectivity index (χ0v) is 9.29. The van der Waals surface area contributed by atoms with Crippen molar-refractivity contribution in [1.82, 2.24) is 5.32 Å². The summed E-state index contributed by atoms with van der Waals surface area (Å²) in [5.41, 5.74) is 0. The van der Waals surface area contributed by atoms with Gasteiger partial charge in [0.15, 0.2) is 0 Å². The predicted molar refractivity (Wildman–Crippen MR) is 53.9 cm³/mol. The summed E-state index contributed by atoms with van der Waals surface area (Å²) in [7, 11) is 1.56. The van der Waals surface area contributed by atoms with E-state index >= 15 is 0 Å². The first kappa shape index (κ1) is 13.1. The van der Waals surface area contributed by atoms with Gasteiger partial charge in [0.25, 0.3) is 0 Å². The molecular weight excluding hydrogens is 182 g/mol. The SMILES string of the molecule is CCC(=O)C(C)COC(C)C(=O)NC. The summed E-state index contributed by atoms with van der Waals surface area (Å²) in [4.78, 5) is 22.2. The number of hydrogen-bond donors (Lipinski definition) is 1. The van der Waals surface area contributed by atoms with Gasteiger partial charge in [-0.2, -0.15) is 0 Å². The highest BCUT2D eigenvalue weighted by Crippen LogP contribution is 2.03. The molecule has 2 atom stereocenters. The fourth-order valence-corrected chi connectivity index (χ4v) is 1.01. The number of rotatable bonds is 6. The van der Waals surface area contributed by atoms with Crippen LogP contribution in [0.3, 0.4) is 0 Å². The second kappa shape index (κ2) is 6.54. The van der Waals surface area contributed by atoms with Crippen molar-refractivity contribution in [2.75, 3.05) is 13.7 Å². The number of ether oxygens (including phenoxy) is 1. The largest absolute Gasteiger partial charge is 0.368 e. The van der Waals surface area contributed by atoms with Crippen molar-refractivity contribution in [3.63, 3.8) is 0 Å². The van der Waals surface area contributed by atoms with Crippen molar-refractivity contribution >= 4 is 11.7 Å². The molecule has 0 aliphatic heterocycles. The van der Waals surface area contributed by atoms with Crippen LogP contribution in [0, 0.1) is 5.92 Å². The molecule has 0 aliphatic carbocycles. The van der Waals surface area contributed by atoms with Crippen LogP contribution in [0.25, 0.3) is 0 Å². The molecule has 1 amide bonds. The van der Waals surface area contributed by atoms with Crippen molar-refractivity contribution in [2.45, 2.75) is 33.3 Å². The molecule has 4 nitrogen and oxygen atoms in total. The molecule has 0 spiro atoms. The van der Waals surface area contributed by atoms with Gasteiger partial charge in [-0.25, -0.2) is 0 Å². The number of carbonyl (C=O) groups is 2. The number of hydrogen-bond acceptors (Lipinski definition) is 3. The summed E-state index contributed by atoms with van der Waals surface area (Å²) in [6.07, 6.45) is 0.0194. The van der Waals surface area contributed by atoms with E-state index in [1.807, 2.05) is 13.8 Å². The van der Waals surface area contributed by atoms with Crippen molar-refractivity contribution < 1.29 is 14.3 Å². The Balaban J connectivity index is 3.82. The van der Waals surface area contributed by atoms with E-state index in [0.29, 0.717) is 13.0 Å². The molecule has 1 N–H and O–H groups in total. The first-order chi connectivity index (χ1) is 6.52. The summed E-state index contributed by atoms with van der Waals surface area (Å²) in [5, 5.41) is 2.48. The summed E-state index contributed by atoms with van der Waals surface area (Å²) in [5.74, 6) is -0.137. The van der Waals surface area contributed by atoms with Crippen LogP contribution in [0.5, 0.6) is 0 Å². The van der Waals surface area contributed by atoms with Crippen LogP contribution in [-0.4, -0.2) is 31.4 Å². The predicted octanol–water partition coefficient (Wildman–Crippen LogP) is 0.753. The summed E-state index contributed by atoms with van der Waals surface area (Å²) in [6.45, 7) is 5.60. The lowest BCUT2D eigenvalue weighted by Gasteiger charge is -2.14. The van der Waals surface area contributed by atoms with Gasteiger partial charge in [-0.3, -0.25) is 9.59 Å². The lowest BCUT2D eigenvalue weighted by molar-refractivity contribution is -0.135. The fraction of sp³-hybridized carbons (Fsp3) is 0.800. The Kier molecular flexibility index (Phi) is 6.12. The minimum absolute atomic E-state index is 0.132. The molecule has 2 unspecified atom stereocenters. The first-order valence-electron chi connectivity index (χ1n) is 4.88. The van der Waals surface area contributed by atoms with Crippen LogP contribution in [0.15, 0.2) is 0 Å². The zero-order valence-electron chi connectivity index (χ0n) is 9.29. The smallest absolute Gasteiger partial charge is 0.248 e. The minimum atomic E-state index is -0.493. The van der Waals surface area contributed by atoms with Gasteiger partial charge in [0, 0.05) is 19.4 Å². The third kappa shape index (κ3) is 4.37. The monoisotopic (exact) mass is 201 g/mol. The van der Waals surface area contributed by atoms with Crippen LogP contribution in [0.4, 0.5) is 0 Å². The van der Waals surface area contributed by atoms with Gasteiger partial charge in [0.05, 0.1) is 6.61 Å². The van der Waals surface area contributed by atoms with Crippen LogP contribution >= 0.6 is 0 Å². The van der Waals surface area contributed by atoms with E-state index in [0.717, 1.165) is 0 Å². The summed E-state index contributed by atoms with van der Waals surface area (Å²) in [6, 6.07) is 0. The third-order valence-electron chi connectivity index (χ3n) is 2.11. The highest BCUT2D eigenvalue weighted by molar-refractivity contribution is 5.81. The maximum Gasteiger partial charge on any atom is 0.248 e. The van der Waals surface area contributed by atoms with Crippen molar-refractivity contribution in [1.29, 1.82) is 0 Å². The van der Waals surface area contributed by atoms with Gasteiger partial charge >= 0.3 is 0 Å². The van der Waals surface area contributed by atoms with Gasteiger partial charge in [-0.05, 0) is 6.92 Å². The minimum Gasteiger partial charge on any atom is -0.368 e. The zero-order chi connectivity index (χ0) is 11.1. The Morgan fingerprint density at radius 1 is 1.36 bits per heavy atom. The number of amides is 1. The highest BCUT2D eigenvalue weighted by atomic mass is 16.5. The molecule has 0 radical (unpaired) electrons. The summed E-state index contributed by atoms with van der Waals surface area (Å²) < 4.78 is 5.25. The molecule has 82 valence electrons. The molecule has 0 aromatic rings. The van der Waals surface area contributed by atoms with E-state index in [1.54, 1.807) is 14.0 Å². The summed E-state index contributed by atoms with van der Waals surface area (Å²) >= 11 is 0. The van der Waals surface area contributed by atoms with Gasteiger partial charge < -0.3 is 10.1 Å². The van der Waals surface area contributed by atoms with Crippen LogP contribution in [-0.2, 0) is 14.3 Å². The van der Waals surface area contributed by atoms with E-state index in [2.05, 4.69) is 5.32 Å². The third-order valence-corrected chi connectivity index (χ3v) is 2.11. The van der Waals surface area contributed by atoms with Gasteiger partial charge in [-0.15, -0.1) is 0 Å². The average Bonchev–Trinajstić information content (AvgIpc) is 2.22. The van der Waals surface area contributed by atoms with Crippen LogP contribution in [0.1, 0.15) is 27.2 Å².